The number of amides is 2. The number of carbonyl (C=O) groups is 2. The highest BCUT2D eigenvalue weighted by Crippen LogP contribution is 2.32. The summed E-state index contributed by atoms with van der Waals surface area (Å²) in [6.07, 6.45) is 1.07. The normalized spacial score (nSPS) is 15.5. The first-order valence-electron chi connectivity index (χ1n) is 11.0. The fourth-order valence-electron chi connectivity index (χ4n) is 3.91. The largest absolute Gasteiger partial charge is 0.416 e. The van der Waals surface area contributed by atoms with Crippen LogP contribution in [0.2, 0.25) is 0 Å². The molecule has 4 N–H and O–H groups in total. The molecule has 1 aliphatic carbocycles. The summed E-state index contributed by atoms with van der Waals surface area (Å²) in [7, 11) is 0. The molecule has 3 rings (SSSR count). The van der Waals surface area contributed by atoms with Gasteiger partial charge in [0.15, 0.2) is 0 Å². The van der Waals surface area contributed by atoms with Gasteiger partial charge in [0.1, 0.15) is 6.04 Å². The average molecular weight is 464 g/mol. The lowest BCUT2D eigenvalue weighted by atomic mass is 9.89. The van der Waals surface area contributed by atoms with E-state index in [0.29, 0.717) is 12.5 Å². The summed E-state index contributed by atoms with van der Waals surface area (Å²) in [5.41, 5.74) is -0.250. The Morgan fingerprint density at radius 3 is 2.45 bits per heavy atom. The summed E-state index contributed by atoms with van der Waals surface area (Å²) >= 11 is 0. The molecule has 0 saturated heterocycles. The van der Waals surface area contributed by atoms with E-state index in [1.807, 2.05) is 0 Å². The Hall–Kier alpha value is -3.07. The maximum Gasteiger partial charge on any atom is 0.416 e. The molecule has 2 aromatic rings. The third kappa shape index (κ3) is 6.95. The number of halogens is 3. The van der Waals surface area contributed by atoms with Gasteiger partial charge in [-0.3, -0.25) is 9.59 Å². The van der Waals surface area contributed by atoms with Gasteiger partial charge in [-0.2, -0.15) is 13.2 Å². The van der Waals surface area contributed by atoms with Gasteiger partial charge in [-0.1, -0.05) is 37.5 Å². The Labute approximate surface area is 190 Å². The number of hydrogen-bond acceptors (Lipinski definition) is 4. The van der Waals surface area contributed by atoms with Gasteiger partial charge in [0.2, 0.25) is 5.91 Å². The summed E-state index contributed by atoms with van der Waals surface area (Å²) in [6, 6.07) is 9.77. The van der Waals surface area contributed by atoms with E-state index in [4.69, 9.17) is 0 Å². The maximum atomic E-state index is 13.0. The molecule has 1 aliphatic rings. The van der Waals surface area contributed by atoms with E-state index in [1.54, 1.807) is 18.2 Å². The lowest BCUT2D eigenvalue weighted by Gasteiger charge is -2.23. The second-order valence-corrected chi connectivity index (χ2v) is 8.21. The molecular weight excluding hydrogens is 435 g/mol. The van der Waals surface area contributed by atoms with Crippen molar-refractivity contribution in [2.24, 2.45) is 5.92 Å². The minimum Gasteiger partial charge on any atom is -0.394 e. The summed E-state index contributed by atoms with van der Waals surface area (Å²) in [5.74, 6) is -0.702. The third-order valence-corrected chi connectivity index (χ3v) is 5.73. The number of carbonyl (C=O) groups excluding carboxylic acids is 2. The van der Waals surface area contributed by atoms with Crippen LogP contribution in [-0.2, 0) is 11.0 Å². The molecule has 0 unspecified atom stereocenters. The summed E-state index contributed by atoms with van der Waals surface area (Å²) in [6.45, 7) is -0.0790. The average Bonchev–Trinajstić information content (AvgIpc) is 2.81. The molecule has 9 heteroatoms. The van der Waals surface area contributed by atoms with E-state index >= 15 is 0 Å². The van der Waals surface area contributed by atoms with Gasteiger partial charge in [0.05, 0.1) is 23.4 Å². The van der Waals surface area contributed by atoms with E-state index in [1.165, 1.54) is 24.6 Å². The predicted octanol–water partition coefficient (Wildman–Crippen LogP) is 4.24. The van der Waals surface area contributed by atoms with Crippen LogP contribution in [0, 0.1) is 5.92 Å². The smallest absolute Gasteiger partial charge is 0.394 e. The number of aliphatic hydroxyl groups is 1. The Kier molecular flexibility index (Phi) is 8.32. The standard InChI is InChI=1S/C24H28F3N3O3/c25-24(26,27)17-9-6-10-18(13-17)29-20-12-5-4-11-19(20)22(32)30-21(15-31)23(33)28-14-16-7-2-1-3-8-16/h4-6,9-13,16,21,29,31H,1-3,7-8,14-15H2,(H,28,33)(H,30,32)/t21-/m0/s1. The first-order valence-corrected chi connectivity index (χ1v) is 11.0. The first kappa shape index (κ1) is 24.6. The van der Waals surface area contributed by atoms with Gasteiger partial charge in [-0.05, 0) is 49.1 Å². The monoisotopic (exact) mass is 463 g/mol. The Bertz CT molecular complexity index is 959. The lowest BCUT2D eigenvalue weighted by Crippen LogP contribution is -2.49. The van der Waals surface area contributed by atoms with Gasteiger partial charge in [0.25, 0.3) is 5.91 Å². The lowest BCUT2D eigenvalue weighted by molar-refractivity contribution is -0.137. The van der Waals surface area contributed by atoms with Crippen molar-refractivity contribution in [3.63, 3.8) is 0 Å². The van der Waals surface area contributed by atoms with Crippen LogP contribution in [0.3, 0.4) is 0 Å². The number of anilines is 2. The molecule has 6 nitrogen and oxygen atoms in total. The molecular formula is C24H28F3N3O3. The van der Waals surface area contributed by atoms with Crippen LogP contribution in [0.1, 0.15) is 48.0 Å². The van der Waals surface area contributed by atoms with Crippen molar-refractivity contribution in [3.05, 3.63) is 59.7 Å². The first-order chi connectivity index (χ1) is 15.8. The minimum atomic E-state index is -4.49. The van der Waals surface area contributed by atoms with Crippen LogP contribution in [0.4, 0.5) is 24.5 Å². The van der Waals surface area contributed by atoms with Crippen LogP contribution >= 0.6 is 0 Å². The zero-order valence-electron chi connectivity index (χ0n) is 18.1. The number of benzene rings is 2. The maximum absolute atomic E-state index is 13.0. The molecule has 0 aliphatic heterocycles. The summed E-state index contributed by atoms with van der Waals surface area (Å²) < 4.78 is 39.0. The molecule has 33 heavy (non-hydrogen) atoms. The van der Waals surface area contributed by atoms with E-state index < -0.39 is 36.2 Å². The third-order valence-electron chi connectivity index (χ3n) is 5.73. The fraction of sp³-hybridized carbons (Fsp3) is 0.417. The predicted molar refractivity (Wildman–Crippen MR) is 119 cm³/mol. The quantitative estimate of drug-likeness (QED) is 0.472. The van der Waals surface area contributed by atoms with Crippen molar-refractivity contribution in [1.82, 2.24) is 10.6 Å². The molecule has 0 heterocycles. The van der Waals surface area contributed by atoms with Crippen LogP contribution < -0.4 is 16.0 Å². The van der Waals surface area contributed by atoms with E-state index in [2.05, 4.69) is 16.0 Å². The molecule has 0 spiro atoms. The molecule has 0 aromatic heterocycles. The summed E-state index contributed by atoms with van der Waals surface area (Å²) in [4.78, 5) is 25.3. The topological polar surface area (TPSA) is 90.5 Å². The SMILES string of the molecule is O=C(N[C@@H](CO)C(=O)NCC1CCCCC1)c1ccccc1Nc1cccc(C(F)(F)F)c1. The van der Waals surface area contributed by atoms with Crippen LogP contribution in [0.25, 0.3) is 0 Å². The fourth-order valence-corrected chi connectivity index (χ4v) is 3.91. The van der Waals surface area contributed by atoms with Crippen molar-refractivity contribution in [2.75, 3.05) is 18.5 Å². The number of alkyl halides is 3. The van der Waals surface area contributed by atoms with Crippen molar-refractivity contribution in [1.29, 1.82) is 0 Å². The Balaban J connectivity index is 1.66. The minimum absolute atomic E-state index is 0.133. The molecule has 1 fully saturated rings. The van der Waals surface area contributed by atoms with Crippen molar-refractivity contribution < 1.29 is 27.9 Å². The van der Waals surface area contributed by atoms with Gasteiger partial charge in [-0.25, -0.2) is 0 Å². The van der Waals surface area contributed by atoms with E-state index in [9.17, 15) is 27.9 Å². The highest BCUT2D eigenvalue weighted by Gasteiger charge is 2.30. The second-order valence-electron chi connectivity index (χ2n) is 8.21. The van der Waals surface area contributed by atoms with Gasteiger partial charge >= 0.3 is 6.18 Å². The van der Waals surface area contributed by atoms with Crippen molar-refractivity contribution in [2.45, 2.75) is 44.3 Å². The number of para-hydroxylation sites is 1. The van der Waals surface area contributed by atoms with Gasteiger partial charge < -0.3 is 21.1 Å². The molecule has 2 amide bonds. The van der Waals surface area contributed by atoms with Gasteiger partial charge in [-0.15, -0.1) is 0 Å². The Morgan fingerprint density at radius 2 is 1.76 bits per heavy atom. The number of nitrogens with one attached hydrogen (secondary N) is 3. The van der Waals surface area contributed by atoms with Crippen molar-refractivity contribution in [3.8, 4) is 0 Å². The molecule has 0 radical (unpaired) electrons. The van der Waals surface area contributed by atoms with Crippen LogP contribution in [-0.4, -0.2) is 36.1 Å². The number of rotatable bonds is 8. The Morgan fingerprint density at radius 1 is 1.03 bits per heavy atom. The van der Waals surface area contributed by atoms with Crippen molar-refractivity contribution >= 4 is 23.2 Å². The number of aliphatic hydroxyl groups excluding tert-OH is 1. The van der Waals surface area contributed by atoms with Crippen LogP contribution in [0.15, 0.2) is 48.5 Å². The molecule has 178 valence electrons. The molecule has 0 bridgehead atoms. The summed E-state index contributed by atoms with van der Waals surface area (Å²) in [5, 5.41) is 17.8. The molecule has 2 aromatic carbocycles. The van der Waals surface area contributed by atoms with E-state index in [0.717, 1.165) is 37.8 Å². The highest BCUT2D eigenvalue weighted by molar-refractivity contribution is 6.02. The van der Waals surface area contributed by atoms with E-state index in [-0.39, 0.29) is 16.9 Å². The molecule has 1 atom stereocenters. The zero-order valence-corrected chi connectivity index (χ0v) is 18.1. The van der Waals surface area contributed by atoms with Gasteiger partial charge in [0, 0.05) is 12.2 Å². The second kappa shape index (κ2) is 11.2. The molecule has 1 saturated carbocycles. The van der Waals surface area contributed by atoms with Crippen LogP contribution in [0.5, 0.6) is 0 Å². The number of hydrogen-bond donors (Lipinski definition) is 4. The zero-order chi connectivity index (χ0) is 23.8. The highest BCUT2D eigenvalue weighted by atomic mass is 19.4.